The molecule has 1 atom stereocenters. The zero-order valence-electron chi connectivity index (χ0n) is 39.3. The van der Waals surface area contributed by atoms with Gasteiger partial charge in [-0.05, 0) is 81.2 Å². The number of sulfonamides is 3. The Morgan fingerprint density at radius 1 is 0.627 bits per heavy atom. The first-order chi connectivity index (χ1) is 34.7. The van der Waals surface area contributed by atoms with Gasteiger partial charge in [0.25, 0.3) is 0 Å². The smallest absolute Gasteiger partial charge is 0.357 e. The van der Waals surface area contributed by atoms with E-state index in [2.05, 4.69) is 96.9 Å². The molecule has 28 nitrogen and oxygen atoms in total. The predicted octanol–water partition coefficient (Wildman–Crippen LogP) is 5.54. The highest BCUT2D eigenvalue weighted by Gasteiger charge is 2.24. The number of carboxylic acids is 2. The van der Waals surface area contributed by atoms with Crippen LogP contribution in [0.3, 0.4) is 0 Å². The normalized spacial score (nSPS) is 11.6. The number of carbonyl (C=O) groups is 3. The Balaban J connectivity index is 0.000000237. The van der Waals surface area contributed by atoms with Crippen molar-refractivity contribution < 1.29 is 54.6 Å². The number of hydrogen-bond acceptors (Lipinski definition) is 20. The zero-order valence-corrected chi connectivity index (χ0v) is 47.9. The number of rotatable bonds is 14. The van der Waals surface area contributed by atoms with E-state index < -0.39 is 54.1 Å². The summed E-state index contributed by atoms with van der Waals surface area (Å²) in [5.41, 5.74) is 2.27. The fourth-order valence-electron chi connectivity index (χ4n) is 5.61. The standard InChI is InChI=1S/C18H18Cl2N6O4S.C10H10ClN5O4S.C6H6BrClN2O2S.C4H4BrN3O2/c1-10(11-5-4-8-21-17(11)19)30-15(27)9-14-16(23-25-26(14)2)12-6-7-13(18(20)22-12)24-31(3,28)29;1-16-8(10(17)18)7(13-15-16)5-3-4-6(9(11)12-5)14-21(2,19)20;1-13(11,12)10-4-2-3-5(7)9-6(4)8;1-8-2(4(9)10)3(5)6-7-8/h4-8,10,24H,9H2,1-3H3;3-4,14H,1-2H3,(H,17,18);2-3,10H,1H3;1H3,(H,9,10)/t10-;;;/m1.../s1. The summed E-state index contributed by atoms with van der Waals surface area (Å²) >= 11 is 29.7. The Morgan fingerprint density at radius 3 is 1.49 bits per heavy atom. The first-order valence-electron chi connectivity index (χ1n) is 19.9. The van der Waals surface area contributed by atoms with E-state index in [1.165, 1.54) is 53.8 Å². The summed E-state index contributed by atoms with van der Waals surface area (Å²) in [4.78, 5) is 50.0. The molecule has 7 aromatic rings. The molecule has 7 aromatic heterocycles. The van der Waals surface area contributed by atoms with Gasteiger partial charge in [-0.25, -0.2) is 64.1 Å². The summed E-state index contributed by atoms with van der Waals surface area (Å²) in [6.07, 6.45) is 3.83. The molecule has 0 aliphatic heterocycles. The van der Waals surface area contributed by atoms with Crippen LogP contribution >= 0.6 is 78.3 Å². The van der Waals surface area contributed by atoms with Crippen molar-refractivity contribution in [3.05, 3.63) is 107 Å². The number of aryl methyl sites for hydroxylation is 3. The molecule has 0 aliphatic carbocycles. The van der Waals surface area contributed by atoms with Crippen molar-refractivity contribution in [2.24, 2.45) is 21.1 Å². The molecule has 0 radical (unpaired) electrons. The predicted molar refractivity (Wildman–Crippen MR) is 281 cm³/mol. The van der Waals surface area contributed by atoms with Crippen LogP contribution in [0.2, 0.25) is 20.6 Å². The van der Waals surface area contributed by atoms with Crippen LogP contribution in [0.4, 0.5) is 17.1 Å². The van der Waals surface area contributed by atoms with Gasteiger partial charge in [-0.3, -0.25) is 23.6 Å². The number of aromatic carboxylic acids is 2. The minimum atomic E-state index is -3.52. The van der Waals surface area contributed by atoms with E-state index in [1.807, 2.05) is 0 Å². The van der Waals surface area contributed by atoms with Gasteiger partial charge in [-0.2, -0.15) is 0 Å². The van der Waals surface area contributed by atoms with Crippen LogP contribution in [-0.2, 0) is 67.2 Å². The molecular formula is C38H38Br2Cl4N16O12S3. The van der Waals surface area contributed by atoms with Gasteiger partial charge in [0.1, 0.15) is 27.2 Å². The number of anilines is 3. The molecule has 402 valence electrons. The topological polar surface area (TPSA) is 383 Å². The number of pyridine rings is 4. The number of carboxylic acid groups (broad SMARTS) is 2. The lowest BCUT2D eigenvalue weighted by Crippen LogP contribution is -2.15. The van der Waals surface area contributed by atoms with Crippen LogP contribution in [0.15, 0.2) is 63.9 Å². The molecule has 0 unspecified atom stereocenters. The van der Waals surface area contributed by atoms with E-state index >= 15 is 0 Å². The van der Waals surface area contributed by atoms with E-state index in [0.29, 0.717) is 27.2 Å². The summed E-state index contributed by atoms with van der Waals surface area (Å²) in [5, 5.41) is 40.1. The molecule has 37 heteroatoms. The summed E-state index contributed by atoms with van der Waals surface area (Å²) in [5.74, 6) is -2.78. The quantitative estimate of drug-likeness (QED) is 0.0658. The summed E-state index contributed by atoms with van der Waals surface area (Å²) in [7, 11) is -5.74. The Labute approximate surface area is 463 Å². The van der Waals surface area contributed by atoms with E-state index in [4.69, 9.17) is 61.4 Å². The van der Waals surface area contributed by atoms with Crippen LogP contribution < -0.4 is 14.2 Å². The van der Waals surface area contributed by atoms with Gasteiger partial charge in [-0.15, -0.1) is 15.3 Å². The minimum Gasteiger partial charge on any atom is -0.476 e. The van der Waals surface area contributed by atoms with E-state index in [9.17, 15) is 39.6 Å². The third kappa shape index (κ3) is 18.5. The van der Waals surface area contributed by atoms with Gasteiger partial charge < -0.3 is 14.9 Å². The largest absolute Gasteiger partial charge is 0.476 e. The fraction of sp³-hybridized carbons (Fsp3) is 0.237. The van der Waals surface area contributed by atoms with Crippen LogP contribution in [0.25, 0.3) is 22.8 Å². The molecule has 7 rings (SSSR count). The maximum atomic E-state index is 12.5. The second-order valence-electron chi connectivity index (χ2n) is 14.7. The van der Waals surface area contributed by atoms with Gasteiger partial charge in [0.15, 0.2) is 31.5 Å². The molecule has 0 aromatic carbocycles. The molecular weight excluding hydrogens is 1270 g/mol. The lowest BCUT2D eigenvalue weighted by atomic mass is 10.1. The van der Waals surface area contributed by atoms with Gasteiger partial charge in [-0.1, -0.05) is 68.1 Å². The second kappa shape index (κ2) is 26.0. The highest BCUT2D eigenvalue weighted by molar-refractivity contribution is 9.10. The lowest BCUT2D eigenvalue weighted by Gasteiger charge is -2.14. The van der Waals surface area contributed by atoms with Crippen molar-refractivity contribution in [3.8, 4) is 22.8 Å². The molecule has 0 fully saturated rings. The molecule has 0 saturated carbocycles. The Hall–Kier alpha value is -6.20. The first-order valence-corrected chi connectivity index (χ1v) is 28.7. The molecule has 0 saturated heterocycles. The van der Waals surface area contributed by atoms with Gasteiger partial charge >= 0.3 is 17.9 Å². The Kier molecular flexibility index (Phi) is 21.3. The fourth-order valence-corrected chi connectivity index (χ4v) is 9.26. The van der Waals surface area contributed by atoms with Gasteiger partial charge in [0.2, 0.25) is 30.1 Å². The molecule has 0 bridgehead atoms. The second-order valence-corrected chi connectivity index (χ2v) is 23.0. The third-order valence-electron chi connectivity index (χ3n) is 8.69. The first kappa shape index (κ1) is 61.3. The maximum Gasteiger partial charge on any atom is 0.357 e. The van der Waals surface area contributed by atoms with Crippen molar-refractivity contribution >= 4 is 143 Å². The van der Waals surface area contributed by atoms with Gasteiger partial charge in [0, 0.05) is 32.9 Å². The molecule has 0 amide bonds. The van der Waals surface area contributed by atoms with Crippen molar-refractivity contribution in [1.82, 2.24) is 64.9 Å². The van der Waals surface area contributed by atoms with Crippen LogP contribution in [-0.4, -0.2) is 137 Å². The molecule has 75 heavy (non-hydrogen) atoms. The average molecular weight is 1310 g/mol. The SMILES string of the molecule is CS(=O)(=O)Nc1ccc(Br)nc1Cl.C[C@@H](OC(=O)Cc1c(-c2ccc(NS(C)(=O)=O)c(Cl)n2)nnn1C)c1cccnc1Cl.Cn1nnc(-c2ccc(NS(C)(=O)=O)c(Cl)n2)c1C(=O)O.Cn1nnc(Br)c1C(=O)O. The van der Waals surface area contributed by atoms with Crippen LogP contribution in [0, 0.1) is 0 Å². The number of hydrogen-bond donors (Lipinski definition) is 5. The number of carbonyl (C=O) groups excluding carboxylic acids is 1. The van der Waals surface area contributed by atoms with Crippen LogP contribution in [0.1, 0.15) is 45.3 Å². The van der Waals surface area contributed by atoms with Crippen LogP contribution in [0.5, 0.6) is 0 Å². The van der Waals surface area contributed by atoms with E-state index in [0.717, 1.165) is 23.4 Å². The third-order valence-corrected chi connectivity index (χ3v) is 12.6. The average Bonchev–Trinajstić information content (AvgIpc) is 3.97. The number of aromatic nitrogens is 13. The molecule has 7 heterocycles. The Morgan fingerprint density at radius 2 is 1.07 bits per heavy atom. The highest BCUT2D eigenvalue weighted by atomic mass is 79.9. The molecule has 5 N–H and O–H groups in total. The number of ether oxygens (including phenoxy) is 1. The number of esters is 1. The summed E-state index contributed by atoms with van der Waals surface area (Å²) < 4.78 is 83.5. The van der Waals surface area contributed by atoms with Crippen molar-refractivity contribution in [2.45, 2.75) is 19.4 Å². The van der Waals surface area contributed by atoms with Crippen molar-refractivity contribution in [2.75, 3.05) is 32.9 Å². The maximum absolute atomic E-state index is 12.5. The number of nitrogens with one attached hydrogen (secondary N) is 3. The monoisotopic (exact) mass is 1300 g/mol. The van der Waals surface area contributed by atoms with E-state index in [-0.39, 0.29) is 71.5 Å². The summed E-state index contributed by atoms with van der Waals surface area (Å²) in [6.45, 7) is 1.69. The highest BCUT2D eigenvalue weighted by Crippen LogP contribution is 2.30. The summed E-state index contributed by atoms with van der Waals surface area (Å²) in [6, 6.07) is 12.3. The van der Waals surface area contributed by atoms with Crippen molar-refractivity contribution in [1.29, 1.82) is 0 Å². The Bertz CT molecular complexity index is 3590. The van der Waals surface area contributed by atoms with Crippen molar-refractivity contribution in [3.63, 3.8) is 0 Å². The zero-order chi connectivity index (χ0) is 56.3. The van der Waals surface area contributed by atoms with Gasteiger partial charge in [0.05, 0.1) is 59.3 Å². The molecule has 0 aliphatic rings. The molecule has 0 spiro atoms. The van der Waals surface area contributed by atoms with E-state index in [1.54, 1.807) is 38.4 Å². The number of halogens is 6. The minimum absolute atomic E-state index is 0.0396. The lowest BCUT2D eigenvalue weighted by molar-refractivity contribution is -0.147. The number of nitrogens with zero attached hydrogens (tertiary/aromatic N) is 13.